The second-order valence-corrected chi connectivity index (χ2v) is 6.06. The monoisotopic (exact) mass is 275 g/mol. The van der Waals surface area contributed by atoms with E-state index in [-0.39, 0.29) is 0 Å². The summed E-state index contributed by atoms with van der Waals surface area (Å²) in [6.45, 7) is 4.41. The van der Waals surface area contributed by atoms with Gasteiger partial charge in [0.25, 0.3) is 0 Å². The van der Waals surface area contributed by atoms with Gasteiger partial charge in [0, 0.05) is 18.7 Å². The quantitative estimate of drug-likeness (QED) is 0.654. The molecular formula is C15H25N5. The largest absolute Gasteiger partial charge is 0.356 e. The van der Waals surface area contributed by atoms with Gasteiger partial charge in [0.2, 0.25) is 0 Å². The van der Waals surface area contributed by atoms with E-state index in [0.717, 1.165) is 48.5 Å². The molecule has 3 rings (SSSR count). The predicted molar refractivity (Wildman–Crippen MR) is 81.5 cm³/mol. The molecule has 110 valence electrons. The number of hydrazine groups is 1. The SMILES string of the molecule is CCc1c(NN)ncnc1N1CCC2CCCCC2C1. The van der Waals surface area contributed by atoms with Gasteiger partial charge in [0.15, 0.2) is 0 Å². The lowest BCUT2D eigenvalue weighted by Gasteiger charge is -2.42. The number of nitrogens with one attached hydrogen (secondary N) is 1. The zero-order valence-electron chi connectivity index (χ0n) is 12.3. The molecule has 20 heavy (non-hydrogen) atoms. The van der Waals surface area contributed by atoms with Crippen molar-refractivity contribution in [2.24, 2.45) is 17.7 Å². The van der Waals surface area contributed by atoms with Crippen LogP contribution in [0.5, 0.6) is 0 Å². The van der Waals surface area contributed by atoms with E-state index in [1.165, 1.54) is 32.1 Å². The molecule has 0 spiro atoms. The first-order valence-corrected chi connectivity index (χ1v) is 7.89. The summed E-state index contributed by atoms with van der Waals surface area (Å²) in [7, 11) is 0. The molecule has 1 aromatic heterocycles. The van der Waals surface area contributed by atoms with Gasteiger partial charge in [-0.1, -0.05) is 26.2 Å². The first-order chi connectivity index (χ1) is 9.83. The summed E-state index contributed by atoms with van der Waals surface area (Å²) in [5.74, 6) is 9.22. The highest BCUT2D eigenvalue weighted by atomic mass is 15.3. The van der Waals surface area contributed by atoms with Crippen LogP contribution in [0.1, 0.15) is 44.6 Å². The maximum Gasteiger partial charge on any atom is 0.148 e. The number of nitrogens with two attached hydrogens (primary N) is 1. The van der Waals surface area contributed by atoms with Crippen LogP contribution in [0.2, 0.25) is 0 Å². The van der Waals surface area contributed by atoms with E-state index in [1.807, 2.05) is 0 Å². The Kier molecular flexibility index (Phi) is 4.05. The minimum atomic E-state index is 0.767. The highest BCUT2D eigenvalue weighted by molar-refractivity contribution is 5.58. The maximum atomic E-state index is 5.57. The summed E-state index contributed by atoms with van der Waals surface area (Å²) >= 11 is 0. The summed E-state index contributed by atoms with van der Waals surface area (Å²) < 4.78 is 0. The molecule has 2 fully saturated rings. The molecule has 0 aromatic carbocycles. The molecule has 0 radical (unpaired) electrons. The second kappa shape index (κ2) is 5.95. The number of nitrogens with zero attached hydrogens (tertiary/aromatic N) is 3. The standard InChI is InChI=1S/C15H25N5/c1-2-13-14(19-16)17-10-18-15(13)20-8-7-11-5-3-4-6-12(11)9-20/h10-12H,2-9,16H2,1H3,(H,17,18,19). The molecular weight excluding hydrogens is 250 g/mol. The maximum absolute atomic E-state index is 5.57. The Balaban J connectivity index is 1.82. The zero-order valence-corrected chi connectivity index (χ0v) is 12.3. The van der Waals surface area contributed by atoms with E-state index >= 15 is 0 Å². The number of piperidine rings is 1. The third-order valence-corrected chi connectivity index (χ3v) is 5.00. The van der Waals surface area contributed by atoms with Crippen LogP contribution >= 0.6 is 0 Å². The summed E-state index contributed by atoms with van der Waals surface area (Å²) in [5, 5.41) is 0. The van der Waals surface area contributed by atoms with E-state index in [4.69, 9.17) is 5.84 Å². The summed E-state index contributed by atoms with van der Waals surface area (Å²) in [6.07, 6.45) is 9.47. The van der Waals surface area contributed by atoms with Crippen LogP contribution in [0, 0.1) is 11.8 Å². The van der Waals surface area contributed by atoms with Gasteiger partial charge in [0.1, 0.15) is 18.0 Å². The first-order valence-electron chi connectivity index (χ1n) is 7.89. The van der Waals surface area contributed by atoms with Crippen LogP contribution in [0.25, 0.3) is 0 Å². The fourth-order valence-corrected chi connectivity index (χ4v) is 3.92. The summed E-state index contributed by atoms with van der Waals surface area (Å²) in [5.41, 5.74) is 3.85. The third kappa shape index (κ3) is 2.46. The van der Waals surface area contributed by atoms with Crippen molar-refractivity contribution in [1.82, 2.24) is 9.97 Å². The van der Waals surface area contributed by atoms with Crippen molar-refractivity contribution >= 4 is 11.6 Å². The van der Waals surface area contributed by atoms with E-state index in [9.17, 15) is 0 Å². The second-order valence-electron chi connectivity index (χ2n) is 6.06. The van der Waals surface area contributed by atoms with Gasteiger partial charge >= 0.3 is 0 Å². The number of anilines is 2. The molecule has 0 bridgehead atoms. The molecule has 5 nitrogen and oxygen atoms in total. The Morgan fingerprint density at radius 2 is 2.05 bits per heavy atom. The van der Waals surface area contributed by atoms with Crippen molar-refractivity contribution in [2.75, 3.05) is 23.4 Å². The fourth-order valence-electron chi connectivity index (χ4n) is 3.92. The number of rotatable bonds is 3. The highest BCUT2D eigenvalue weighted by Crippen LogP contribution is 2.38. The number of aromatic nitrogens is 2. The van der Waals surface area contributed by atoms with Crippen molar-refractivity contribution in [3.05, 3.63) is 11.9 Å². The van der Waals surface area contributed by atoms with Crippen molar-refractivity contribution in [2.45, 2.75) is 45.4 Å². The lowest BCUT2D eigenvalue weighted by molar-refractivity contribution is 0.202. The lowest BCUT2D eigenvalue weighted by atomic mass is 9.75. The van der Waals surface area contributed by atoms with E-state index in [2.05, 4.69) is 27.2 Å². The average Bonchev–Trinajstić information content (AvgIpc) is 2.53. The van der Waals surface area contributed by atoms with Crippen molar-refractivity contribution in [3.8, 4) is 0 Å². The van der Waals surface area contributed by atoms with Gasteiger partial charge < -0.3 is 10.3 Å². The number of hydrogen-bond donors (Lipinski definition) is 2. The number of nitrogen functional groups attached to an aromatic ring is 1. The molecule has 5 heteroatoms. The predicted octanol–water partition coefficient (Wildman–Crippen LogP) is 2.34. The summed E-state index contributed by atoms with van der Waals surface area (Å²) in [6, 6.07) is 0. The van der Waals surface area contributed by atoms with Gasteiger partial charge in [-0.2, -0.15) is 0 Å². The molecule has 2 atom stereocenters. The molecule has 1 aliphatic carbocycles. The van der Waals surface area contributed by atoms with Gasteiger partial charge in [0.05, 0.1) is 0 Å². The summed E-state index contributed by atoms with van der Waals surface area (Å²) in [4.78, 5) is 11.2. The highest BCUT2D eigenvalue weighted by Gasteiger charge is 2.32. The van der Waals surface area contributed by atoms with Gasteiger partial charge in [-0.05, 0) is 31.1 Å². The normalized spacial score (nSPS) is 26.2. The molecule has 2 heterocycles. The van der Waals surface area contributed by atoms with Crippen LogP contribution in [0.15, 0.2) is 6.33 Å². The average molecular weight is 275 g/mol. The van der Waals surface area contributed by atoms with Crippen LogP contribution in [-0.2, 0) is 6.42 Å². The molecule has 1 saturated carbocycles. The van der Waals surface area contributed by atoms with Gasteiger partial charge in [-0.15, -0.1) is 0 Å². The van der Waals surface area contributed by atoms with Crippen LogP contribution in [0.3, 0.4) is 0 Å². The molecule has 0 amide bonds. The van der Waals surface area contributed by atoms with Crippen LogP contribution in [0.4, 0.5) is 11.6 Å². The molecule has 3 N–H and O–H groups in total. The van der Waals surface area contributed by atoms with E-state index in [1.54, 1.807) is 6.33 Å². The Morgan fingerprint density at radius 3 is 2.80 bits per heavy atom. The Labute approximate surface area is 120 Å². The van der Waals surface area contributed by atoms with Crippen molar-refractivity contribution < 1.29 is 0 Å². The topological polar surface area (TPSA) is 67.1 Å². The fraction of sp³-hybridized carbons (Fsp3) is 0.733. The zero-order chi connectivity index (χ0) is 13.9. The van der Waals surface area contributed by atoms with E-state index < -0.39 is 0 Å². The number of fused-ring (bicyclic) bond motifs is 1. The Morgan fingerprint density at radius 1 is 1.25 bits per heavy atom. The lowest BCUT2D eigenvalue weighted by Crippen LogP contribution is -2.42. The molecule has 2 aliphatic rings. The minimum Gasteiger partial charge on any atom is -0.356 e. The number of hydrogen-bond acceptors (Lipinski definition) is 5. The Bertz CT molecular complexity index is 462. The van der Waals surface area contributed by atoms with Crippen molar-refractivity contribution in [3.63, 3.8) is 0 Å². The van der Waals surface area contributed by atoms with Crippen LogP contribution in [-0.4, -0.2) is 23.1 Å². The minimum absolute atomic E-state index is 0.767. The molecule has 1 aromatic rings. The van der Waals surface area contributed by atoms with Crippen LogP contribution < -0.4 is 16.2 Å². The Hall–Kier alpha value is -1.36. The first kappa shape index (κ1) is 13.6. The molecule has 1 aliphatic heterocycles. The van der Waals surface area contributed by atoms with Gasteiger partial charge in [-0.3, -0.25) is 0 Å². The third-order valence-electron chi connectivity index (χ3n) is 5.00. The smallest absolute Gasteiger partial charge is 0.148 e. The van der Waals surface area contributed by atoms with E-state index in [0.29, 0.717) is 0 Å². The molecule has 2 unspecified atom stereocenters. The molecule has 1 saturated heterocycles. The van der Waals surface area contributed by atoms with Gasteiger partial charge in [-0.25, -0.2) is 15.8 Å². The van der Waals surface area contributed by atoms with Crippen molar-refractivity contribution in [1.29, 1.82) is 0 Å².